The van der Waals surface area contributed by atoms with Crippen molar-refractivity contribution in [2.24, 2.45) is 0 Å². The highest BCUT2D eigenvalue weighted by atomic mass is 16.7. The Labute approximate surface area is 71.8 Å². The molecule has 0 aromatic carbocycles. The first-order chi connectivity index (χ1) is 5.95. The van der Waals surface area contributed by atoms with Crippen molar-refractivity contribution < 1.29 is 24.8 Å². The normalized spacial score (nSPS) is 11.2. The molecule has 0 rings (SSSR count). The first-order valence-electron chi connectivity index (χ1n) is 3.15. The quantitative estimate of drug-likeness (QED) is 0.221. The van der Waals surface area contributed by atoms with Crippen LogP contribution in [0.2, 0.25) is 0 Å². The average molecular weight is 196 g/mol. The van der Waals surface area contributed by atoms with Gasteiger partial charge in [0, 0.05) is 0 Å². The maximum absolute atomic E-state index is 10.0. The Bertz CT molecular complexity index is 191. The van der Waals surface area contributed by atoms with E-state index >= 15 is 0 Å². The zero-order chi connectivity index (χ0) is 10.5. The molecule has 0 atom stereocenters. The lowest BCUT2D eigenvalue weighted by atomic mass is 10.5. The van der Waals surface area contributed by atoms with Gasteiger partial charge in [-0.1, -0.05) is 0 Å². The molecule has 13 heavy (non-hydrogen) atoms. The second-order valence-electron chi connectivity index (χ2n) is 2.06. The topological polar surface area (TPSA) is 136 Å². The first-order valence-corrected chi connectivity index (χ1v) is 3.15. The molecule has 0 aromatic heterocycles. The highest BCUT2D eigenvalue weighted by molar-refractivity contribution is 4.48. The largest absolute Gasteiger partial charge is 0.599 e. The van der Waals surface area contributed by atoms with Crippen LogP contribution in [0.15, 0.2) is 0 Å². The Morgan fingerprint density at radius 3 is 2.08 bits per heavy atom. The van der Waals surface area contributed by atoms with Gasteiger partial charge in [-0.2, -0.15) is 0 Å². The number of hydrogen-bond acceptors (Lipinski definition) is 7. The van der Waals surface area contributed by atoms with Crippen LogP contribution in [0.1, 0.15) is 0 Å². The maximum Gasteiger partial charge on any atom is 0.599 e. The van der Waals surface area contributed by atoms with E-state index in [2.05, 4.69) is 4.74 Å². The summed E-state index contributed by atoms with van der Waals surface area (Å²) in [5.41, 5.74) is 0. The van der Waals surface area contributed by atoms with Crippen LogP contribution < -0.4 is 0 Å². The summed E-state index contributed by atoms with van der Waals surface area (Å²) in [4.78, 5) is 17.1. The zero-order valence-corrected chi connectivity index (χ0v) is 6.45. The van der Waals surface area contributed by atoms with E-state index in [1.165, 1.54) is 0 Å². The van der Waals surface area contributed by atoms with Crippen LogP contribution in [0.3, 0.4) is 0 Å². The van der Waals surface area contributed by atoms with Crippen LogP contribution in [0, 0.1) is 20.2 Å². The van der Waals surface area contributed by atoms with Gasteiger partial charge < -0.3 is 9.84 Å². The summed E-state index contributed by atoms with van der Waals surface area (Å²) in [7, 11) is 0. The van der Waals surface area contributed by atoms with Crippen LogP contribution in [0.5, 0.6) is 0 Å². The van der Waals surface area contributed by atoms with Gasteiger partial charge in [0.1, 0.15) is 9.85 Å². The Morgan fingerprint density at radius 1 is 1.31 bits per heavy atom. The van der Waals surface area contributed by atoms with Crippen molar-refractivity contribution in [2.75, 3.05) is 19.8 Å². The minimum atomic E-state index is -3.34. The third-order valence-electron chi connectivity index (χ3n) is 1.12. The average Bonchev–Trinajstić information content (AvgIpc) is 2.03. The van der Waals surface area contributed by atoms with E-state index in [9.17, 15) is 20.2 Å². The van der Waals surface area contributed by atoms with Crippen molar-refractivity contribution in [3.63, 3.8) is 0 Å². The molecule has 0 radical (unpaired) electrons. The van der Waals surface area contributed by atoms with Crippen molar-refractivity contribution >= 4 is 0 Å². The molecule has 9 nitrogen and oxygen atoms in total. The molecule has 9 heteroatoms. The Morgan fingerprint density at radius 2 is 1.77 bits per heavy atom. The molecule has 0 saturated carbocycles. The lowest BCUT2D eigenvalue weighted by molar-refractivity contribution is -0.849. The predicted octanol–water partition coefficient (Wildman–Crippen LogP) is -1.81. The van der Waals surface area contributed by atoms with Crippen molar-refractivity contribution in [1.29, 1.82) is 0 Å². The third kappa shape index (κ3) is 2.89. The van der Waals surface area contributed by atoms with Crippen LogP contribution in [-0.4, -0.2) is 45.7 Å². The first kappa shape index (κ1) is 11.7. The van der Waals surface area contributed by atoms with E-state index in [0.29, 0.717) is 0 Å². The fourth-order valence-corrected chi connectivity index (χ4v) is 0.446. The number of rotatable bonds is 6. The van der Waals surface area contributed by atoms with Gasteiger partial charge in [0.05, 0.1) is 13.2 Å². The molecular weight excluding hydrogens is 188 g/mol. The molecule has 0 fully saturated rings. The summed E-state index contributed by atoms with van der Waals surface area (Å²) < 4.78 is 4.29. The van der Waals surface area contributed by atoms with Gasteiger partial charge in [-0.25, -0.2) is 0 Å². The Balaban J connectivity index is 4.26. The number of nitro groups is 2. The summed E-state index contributed by atoms with van der Waals surface area (Å²) >= 11 is 0. The number of hydrogen-bond donors (Lipinski definition) is 2. The maximum atomic E-state index is 10.0. The molecule has 0 heterocycles. The lowest BCUT2D eigenvalue weighted by Crippen LogP contribution is -2.50. The summed E-state index contributed by atoms with van der Waals surface area (Å²) in [6, 6.07) is 0. The molecule has 0 aliphatic carbocycles. The molecule has 0 bridgehead atoms. The molecule has 0 aromatic rings. The van der Waals surface area contributed by atoms with E-state index in [4.69, 9.17) is 10.2 Å². The van der Waals surface area contributed by atoms with Gasteiger partial charge in [0.25, 0.3) is 0 Å². The van der Waals surface area contributed by atoms with Crippen LogP contribution in [0.25, 0.3) is 0 Å². The van der Waals surface area contributed by atoms with Crippen molar-refractivity contribution in [1.82, 2.24) is 0 Å². The monoisotopic (exact) mass is 196 g/mol. The fourth-order valence-electron chi connectivity index (χ4n) is 0.446. The van der Waals surface area contributed by atoms with Gasteiger partial charge in [-0.3, -0.25) is 25.3 Å². The number of ether oxygens (including phenoxy) is 1. The van der Waals surface area contributed by atoms with Gasteiger partial charge in [-0.15, -0.1) is 0 Å². The zero-order valence-electron chi connectivity index (χ0n) is 6.45. The van der Waals surface area contributed by atoms with E-state index in [-0.39, 0.29) is 6.61 Å². The summed E-state index contributed by atoms with van der Waals surface area (Å²) in [6.45, 7) is -1.86. The summed E-state index contributed by atoms with van der Waals surface area (Å²) in [6.07, 6.45) is 0. The van der Waals surface area contributed by atoms with Crippen LogP contribution in [0.4, 0.5) is 0 Å². The second-order valence-corrected chi connectivity index (χ2v) is 2.06. The second kappa shape index (κ2) is 4.64. The highest BCUT2D eigenvalue weighted by Gasteiger charge is 2.55. The van der Waals surface area contributed by atoms with E-state index in [1.54, 1.807) is 0 Å². The lowest BCUT2D eigenvalue weighted by Gasteiger charge is -2.09. The van der Waals surface area contributed by atoms with Crippen molar-refractivity contribution in [3.8, 4) is 0 Å². The molecule has 0 unspecified atom stereocenters. The molecule has 0 spiro atoms. The van der Waals surface area contributed by atoms with E-state index in [1.807, 2.05) is 0 Å². The molecule has 0 aliphatic rings. The van der Waals surface area contributed by atoms with E-state index in [0.717, 1.165) is 0 Å². The smallest absolute Gasteiger partial charge is 0.394 e. The molecule has 0 aliphatic heterocycles. The summed E-state index contributed by atoms with van der Waals surface area (Å²) in [5.74, 6) is -3.34. The minimum Gasteiger partial charge on any atom is -0.394 e. The van der Waals surface area contributed by atoms with E-state index < -0.39 is 28.9 Å². The van der Waals surface area contributed by atoms with Crippen molar-refractivity contribution in [2.45, 2.75) is 5.85 Å². The van der Waals surface area contributed by atoms with Gasteiger partial charge in [0.2, 0.25) is 6.61 Å². The molecular formula is C4H8N2O7. The van der Waals surface area contributed by atoms with Gasteiger partial charge >= 0.3 is 5.85 Å². The molecule has 2 N–H and O–H groups in total. The number of nitrogens with zero attached hydrogens (tertiary/aromatic N) is 2. The molecule has 0 saturated heterocycles. The fraction of sp³-hybridized carbons (Fsp3) is 1.00. The standard InChI is InChI=1S/C4H8N2O7/c7-1-2-13-3-4(8,5(9)10)6(11)12/h7-8H,1-3H2. The Hall–Kier alpha value is -1.32. The highest BCUT2D eigenvalue weighted by Crippen LogP contribution is 2.06. The van der Waals surface area contributed by atoms with Gasteiger partial charge in [-0.05, 0) is 0 Å². The molecule has 0 amide bonds. The van der Waals surface area contributed by atoms with Gasteiger partial charge in [0.15, 0.2) is 0 Å². The predicted molar refractivity (Wildman–Crippen MR) is 36.8 cm³/mol. The summed E-state index contributed by atoms with van der Waals surface area (Å²) in [5, 5.41) is 37.0. The van der Waals surface area contributed by atoms with Crippen LogP contribution in [-0.2, 0) is 4.74 Å². The molecule has 76 valence electrons. The number of aliphatic hydroxyl groups excluding tert-OH is 1. The number of aliphatic hydroxyl groups is 2. The van der Waals surface area contributed by atoms with Crippen LogP contribution >= 0.6 is 0 Å². The Kier molecular flexibility index (Phi) is 4.17. The van der Waals surface area contributed by atoms with Crippen molar-refractivity contribution in [3.05, 3.63) is 20.2 Å². The third-order valence-corrected chi connectivity index (χ3v) is 1.12. The SMILES string of the molecule is O=[N+]([O-])C(O)(COCCO)[N+](=O)[O-]. The minimum absolute atomic E-state index is 0.315.